The van der Waals surface area contributed by atoms with Gasteiger partial charge in [0.2, 0.25) is 12.8 Å². The van der Waals surface area contributed by atoms with Gasteiger partial charge in [0.05, 0.1) is 16.5 Å². The average molecular weight is 815 g/mol. The molecule has 2 saturated heterocycles. The van der Waals surface area contributed by atoms with E-state index in [4.69, 9.17) is 21.4 Å². The van der Waals surface area contributed by atoms with Gasteiger partial charge in [-0.2, -0.15) is 13.2 Å². The number of aromatic hydroxyl groups is 1. The monoisotopic (exact) mass is 814 g/mol. The van der Waals surface area contributed by atoms with Crippen molar-refractivity contribution in [2.45, 2.75) is 84.0 Å². The van der Waals surface area contributed by atoms with Crippen LogP contribution in [0.1, 0.15) is 84.9 Å². The van der Waals surface area contributed by atoms with Crippen LogP contribution in [0.5, 0.6) is 5.75 Å². The second-order valence-electron chi connectivity index (χ2n) is 13.3. The third-order valence-corrected chi connectivity index (χ3v) is 10.5. The zero-order chi connectivity index (χ0) is 40.8. The van der Waals surface area contributed by atoms with Gasteiger partial charge in [-0.15, -0.1) is 11.3 Å². The molecule has 16 heteroatoms. The topological polar surface area (TPSA) is 103 Å². The highest BCUT2D eigenvalue weighted by Gasteiger charge is 2.38. The van der Waals surface area contributed by atoms with E-state index < -0.39 is 29.3 Å². The number of nitrogens with zero attached hydrogens (tertiary/aromatic N) is 4. The molecule has 0 radical (unpaired) electrons. The van der Waals surface area contributed by atoms with Crippen molar-refractivity contribution in [1.82, 2.24) is 19.7 Å². The lowest BCUT2D eigenvalue weighted by Gasteiger charge is -2.34. The van der Waals surface area contributed by atoms with Crippen LogP contribution in [-0.2, 0) is 39.4 Å². The quantitative estimate of drug-likeness (QED) is 0.197. The first kappa shape index (κ1) is 45.3. The number of ether oxygens (including phenoxy) is 1. The summed E-state index contributed by atoms with van der Waals surface area (Å²) in [4.78, 5) is 42.0. The van der Waals surface area contributed by atoms with Gasteiger partial charge in [0, 0.05) is 69.1 Å². The number of carbonyl (C=O) groups is 3. The van der Waals surface area contributed by atoms with E-state index in [1.165, 1.54) is 33.7 Å². The van der Waals surface area contributed by atoms with Crippen molar-refractivity contribution in [1.29, 1.82) is 0 Å². The van der Waals surface area contributed by atoms with Crippen molar-refractivity contribution in [2.24, 2.45) is 5.92 Å². The lowest BCUT2D eigenvalue weighted by Crippen LogP contribution is -2.38. The normalized spacial score (nSPS) is 18.1. The lowest BCUT2D eigenvalue weighted by atomic mass is 9.94. The van der Waals surface area contributed by atoms with E-state index in [2.05, 4.69) is 4.98 Å². The van der Waals surface area contributed by atoms with Crippen LogP contribution in [0, 0.1) is 5.92 Å². The van der Waals surface area contributed by atoms with Crippen LogP contribution >= 0.6 is 22.9 Å². The summed E-state index contributed by atoms with van der Waals surface area (Å²) in [6, 6.07) is 9.02. The number of thiophene rings is 1. The van der Waals surface area contributed by atoms with Crippen LogP contribution in [0.25, 0.3) is 0 Å². The first-order chi connectivity index (χ1) is 26.0. The summed E-state index contributed by atoms with van der Waals surface area (Å²) in [5.41, 5.74) is 1.78. The molecule has 1 N–H and O–H groups in total. The van der Waals surface area contributed by atoms with Crippen LogP contribution in [0.15, 0.2) is 59.7 Å². The molecule has 3 aliphatic heterocycles. The fourth-order valence-electron chi connectivity index (χ4n) is 6.18. The predicted octanol–water partition coefficient (Wildman–Crippen LogP) is 8.94. The number of rotatable bonds is 6. The Hall–Kier alpha value is -4.08. The predicted molar refractivity (Wildman–Crippen MR) is 202 cm³/mol. The fourth-order valence-corrected chi connectivity index (χ4v) is 7.08. The summed E-state index contributed by atoms with van der Waals surface area (Å²) in [7, 11) is 1.72. The van der Waals surface area contributed by atoms with Gasteiger partial charge in [-0.05, 0) is 85.9 Å². The molecule has 0 aliphatic carbocycles. The number of methoxy groups -OCH3 is 1. The number of likely N-dealkylation sites (tertiary alicyclic amines) is 2. The fraction of sp³-hybridized carbons (Fsp3) is 0.487. The smallest absolute Gasteiger partial charge is 0.418 e. The summed E-state index contributed by atoms with van der Waals surface area (Å²) in [6.45, 7) is 8.39. The number of benzene rings is 1. The van der Waals surface area contributed by atoms with Crippen molar-refractivity contribution in [3.63, 3.8) is 0 Å². The number of alkyl halides is 5. The zero-order valence-corrected chi connectivity index (χ0v) is 32.9. The van der Waals surface area contributed by atoms with Crippen molar-refractivity contribution in [3.05, 3.63) is 92.0 Å². The maximum atomic E-state index is 13.1. The van der Waals surface area contributed by atoms with Crippen molar-refractivity contribution in [2.75, 3.05) is 33.3 Å². The summed E-state index contributed by atoms with van der Waals surface area (Å²) in [6.07, 6.45) is 6.05. The van der Waals surface area contributed by atoms with Gasteiger partial charge in [0.25, 0.3) is 11.8 Å². The van der Waals surface area contributed by atoms with Crippen molar-refractivity contribution in [3.8, 4) is 5.75 Å². The van der Waals surface area contributed by atoms with Gasteiger partial charge in [0.15, 0.2) is 0 Å². The van der Waals surface area contributed by atoms with Gasteiger partial charge in [-0.1, -0.05) is 37.6 Å². The maximum absolute atomic E-state index is 13.1. The lowest BCUT2D eigenvalue weighted by molar-refractivity contribution is -0.138. The highest BCUT2D eigenvalue weighted by molar-refractivity contribution is 7.10. The number of halogens is 6. The number of allylic oxidation sites excluding steroid dienone is 2. The summed E-state index contributed by atoms with van der Waals surface area (Å²) in [5.74, 6) is -3.43. The molecule has 3 amide bonds. The van der Waals surface area contributed by atoms with Gasteiger partial charge >= 0.3 is 6.18 Å². The SMILES string of the molecule is CC(F)(F)c1cc(O)cs1.CC/C=C1/C(C)CCCN1C(=O)c1ncccc1C(F)(F)F.COC1CCN(C=O)CC1.O=CN1CCc2cc(Cl)ccc2C1. The van der Waals surface area contributed by atoms with Crippen molar-refractivity contribution >= 4 is 41.7 Å². The number of carbonyl (C=O) groups excluding carboxylic acids is 3. The molecule has 6 rings (SSSR count). The third-order valence-electron chi connectivity index (χ3n) is 9.15. The van der Waals surface area contributed by atoms with Crippen LogP contribution in [0.4, 0.5) is 22.0 Å². The Labute approximate surface area is 327 Å². The van der Waals surface area contributed by atoms with Crippen LogP contribution < -0.4 is 0 Å². The molecular weight excluding hydrogens is 767 g/mol. The number of amides is 3. The highest BCUT2D eigenvalue weighted by atomic mass is 35.5. The van der Waals surface area contributed by atoms with E-state index in [9.17, 15) is 36.3 Å². The van der Waals surface area contributed by atoms with Gasteiger partial charge in [-0.25, -0.2) is 8.78 Å². The van der Waals surface area contributed by atoms with E-state index in [0.29, 0.717) is 12.6 Å². The number of hydrogen-bond acceptors (Lipinski definition) is 7. The first-order valence-electron chi connectivity index (χ1n) is 17.9. The minimum Gasteiger partial charge on any atom is -0.507 e. The maximum Gasteiger partial charge on any atom is 0.418 e. The van der Waals surface area contributed by atoms with Crippen LogP contribution in [0.3, 0.4) is 0 Å². The molecule has 55 heavy (non-hydrogen) atoms. The van der Waals surface area contributed by atoms with Crippen LogP contribution in [-0.4, -0.2) is 82.9 Å². The molecule has 1 atom stereocenters. The standard InChI is InChI=1S/C16H19F3N2O.C10H10ClNO.C7H13NO2.C6H6F2OS/c1-3-6-13-11(2)7-5-10-21(13)15(22)14-12(16(17,18)19)8-4-9-20-14;11-10-2-1-9-6-12(7-13)4-3-8(9)5-10;1-10-7-2-4-8(6-9)5-3-7;1-6(7,8)5-2-4(9)3-10-5/h4,6,8-9,11H,3,5,7,10H2,1-2H3;1-2,5,7H,3-4,6H2;6-7H,2-5H2,1H3;2-3,9H,1H3/b13-6-;;;. The van der Waals surface area contributed by atoms with Crippen LogP contribution in [0.2, 0.25) is 5.02 Å². The average Bonchev–Trinajstić information content (AvgIpc) is 3.63. The molecule has 3 aromatic rings. The van der Waals surface area contributed by atoms with E-state index in [-0.39, 0.29) is 16.5 Å². The highest BCUT2D eigenvalue weighted by Crippen LogP contribution is 2.35. The molecule has 0 bridgehead atoms. The number of hydrogen-bond donors (Lipinski definition) is 1. The minimum atomic E-state index is -4.59. The number of aromatic nitrogens is 1. The molecule has 1 unspecified atom stereocenters. The molecule has 302 valence electrons. The van der Waals surface area contributed by atoms with E-state index >= 15 is 0 Å². The van der Waals surface area contributed by atoms with Gasteiger partial charge in [0.1, 0.15) is 11.4 Å². The Morgan fingerprint density at radius 2 is 1.71 bits per heavy atom. The van der Waals surface area contributed by atoms with Crippen molar-refractivity contribution < 1.29 is 46.2 Å². The summed E-state index contributed by atoms with van der Waals surface area (Å²) in [5, 5.41) is 10.8. The molecule has 0 saturated carbocycles. The molecule has 2 fully saturated rings. The number of fused-ring (bicyclic) bond motifs is 1. The van der Waals surface area contributed by atoms with Gasteiger partial charge < -0.3 is 24.5 Å². The summed E-state index contributed by atoms with van der Waals surface area (Å²) >= 11 is 6.72. The molecule has 3 aliphatic rings. The second kappa shape index (κ2) is 21.3. The van der Waals surface area contributed by atoms with E-state index in [1.807, 2.05) is 38.1 Å². The Bertz CT molecular complexity index is 1730. The second-order valence-corrected chi connectivity index (χ2v) is 14.7. The minimum absolute atomic E-state index is 0.0958. The largest absolute Gasteiger partial charge is 0.507 e. The van der Waals surface area contributed by atoms with E-state index in [0.717, 1.165) is 119 Å². The number of pyridine rings is 1. The molecule has 9 nitrogen and oxygen atoms in total. The zero-order valence-electron chi connectivity index (χ0n) is 31.3. The number of piperidine rings is 2. The van der Waals surface area contributed by atoms with Gasteiger partial charge in [-0.3, -0.25) is 19.4 Å². The molecule has 2 aromatic heterocycles. The Morgan fingerprint density at radius 1 is 1.02 bits per heavy atom. The van der Waals surface area contributed by atoms with E-state index in [1.54, 1.807) is 16.9 Å². The Morgan fingerprint density at radius 3 is 2.25 bits per heavy atom. The Kier molecular flexibility index (Phi) is 17.5. The molecule has 0 spiro atoms. The molecular formula is C39H48ClF5N4O5S. The third kappa shape index (κ3) is 13.9. The summed E-state index contributed by atoms with van der Waals surface area (Å²) < 4.78 is 69.1. The molecule has 5 heterocycles. The Balaban J connectivity index is 0.000000210. The molecule has 1 aromatic carbocycles. The first-order valence-corrected chi connectivity index (χ1v) is 19.2.